The number of rotatable bonds is 0. The molecule has 0 saturated carbocycles. The molecule has 1 radical (unpaired) electrons. The third-order valence-corrected chi connectivity index (χ3v) is 0. The van der Waals surface area contributed by atoms with Crippen molar-refractivity contribution in [3.8, 4) is 0 Å². The Balaban J connectivity index is -0.0000000225. The molecule has 0 aromatic heterocycles. The molecular formula is H6CeLaO16P5Tb. The molecule has 24 heteroatoms. The molecule has 1 atom stereocenters. The van der Waals surface area contributed by atoms with Crippen LogP contribution >= 0.6 is 41.2 Å². The van der Waals surface area contributed by atoms with Crippen molar-refractivity contribution in [2.24, 2.45) is 0 Å². The summed E-state index contributed by atoms with van der Waals surface area (Å²) in [6.45, 7) is 0. The van der Waals surface area contributed by atoms with Gasteiger partial charge in [-0.25, -0.2) is 4.57 Å². The fourth-order valence-corrected chi connectivity index (χ4v) is 0. The summed E-state index contributed by atoms with van der Waals surface area (Å²) >= 11 is 0. The molecule has 0 saturated heterocycles. The largest absolute Gasteiger partial charge is 3.00 e. The van der Waals surface area contributed by atoms with Crippen molar-refractivity contribution in [2.75, 3.05) is 0 Å². The van der Waals surface area contributed by atoms with Crippen LogP contribution in [0, 0.1) is 116 Å². The van der Waals surface area contributed by atoms with Crippen molar-refractivity contribution < 1.29 is 193 Å². The van der Waals surface area contributed by atoms with E-state index in [9.17, 15) is 0 Å². The Labute approximate surface area is 230 Å². The second kappa shape index (κ2) is 24.0. The zero-order valence-electron chi connectivity index (χ0n) is 10.6. The number of phosphoric acid groups is 4. The topological polar surface area (TPSA) is 337 Å². The van der Waals surface area contributed by atoms with E-state index in [-0.39, 0.29) is 126 Å². The van der Waals surface area contributed by atoms with Crippen LogP contribution in [0.4, 0.5) is 0 Å². The van der Waals surface area contributed by atoms with Gasteiger partial charge in [-0.1, -0.05) is 0 Å². The van der Waals surface area contributed by atoms with Crippen molar-refractivity contribution >= 4 is 41.2 Å². The minimum Gasteiger partial charge on any atom is -0.822 e. The number of hydrogen-bond donors (Lipinski definition) is 3. The van der Waals surface area contributed by atoms with Crippen molar-refractivity contribution in [1.82, 2.24) is 0 Å². The Morgan fingerprint density at radius 1 is 0.542 bits per heavy atom. The molecule has 0 aliphatic carbocycles. The fourth-order valence-electron chi connectivity index (χ4n) is 0. The van der Waals surface area contributed by atoms with Crippen molar-refractivity contribution in [3.05, 3.63) is 0 Å². The Morgan fingerprint density at radius 3 is 0.542 bits per heavy atom. The van der Waals surface area contributed by atoms with Crippen LogP contribution in [0.1, 0.15) is 0 Å². The smallest absolute Gasteiger partial charge is 0.822 e. The number of hydrogen-bond acceptors (Lipinski definition) is 13. The van der Waals surface area contributed by atoms with Gasteiger partial charge in [0, 0.05) is 0 Å². The van der Waals surface area contributed by atoms with E-state index in [0.717, 1.165) is 0 Å². The third kappa shape index (κ3) is 792. The van der Waals surface area contributed by atoms with Gasteiger partial charge in [0.15, 0.2) is 0 Å². The van der Waals surface area contributed by atoms with E-state index in [1.54, 1.807) is 0 Å². The molecule has 0 amide bonds. The van der Waals surface area contributed by atoms with E-state index in [2.05, 4.69) is 0 Å². The van der Waals surface area contributed by atoms with E-state index in [1.807, 2.05) is 0 Å². The summed E-state index contributed by atoms with van der Waals surface area (Å²) in [6, 6.07) is 0. The SMILES string of the molecule is O=P(O)(O)O.O=P([O-])([O-])[O-].O=P([O-])([O-])[O-].O=P([O-])([O-])[O-].P.[Ce+3].[La+3].[Tb+3]. The minimum absolute atomic E-state index is 0. The maximum absolute atomic E-state index is 8.88. The minimum atomic E-state index is -5.39. The first-order valence-corrected chi connectivity index (χ1v) is 8.92. The Morgan fingerprint density at radius 2 is 0.542 bits per heavy atom. The molecule has 143 valence electrons. The van der Waals surface area contributed by atoms with Gasteiger partial charge in [0.2, 0.25) is 0 Å². The van der Waals surface area contributed by atoms with E-state index in [1.165, 1.54) is 0 Å². The van der Waals surface area contributed by atoms with Crippen LogP contribution in [0.5, 0.6) is 0 Å². The summed E-state index contributed by atoms with van der Waals surface area (Å²) in [5.41, 5.74) is 0. The average Bonchev–Trinajstić information content (AvgIpc) is 1.62. The zero-order chi connectivity index (χ0) is 18.0. The molecule has 0 aromatic carbocycles. The van der Waals surface area contributed by atoms with Gasteiger partial charge >= 0.3 is 124 Å². The first-order valence-electron chi connectivity index (χ1n) is 2.97. The van der Waals surface area contributed by atoms with Gasteiger partial charge in [-0.15, -0.1) is 0 Å². The molecule has 1 unspecified atom stereocenters. The third-order valence-electron chi connectivity index (χ3n) is 0. The summed E-state index contributed by atoms with van der Waals surface area (Å²) in [5.74, 6) is 0. The summed E-state index contributed by atoms with van der Waals surface area (Å²) in [6.07, 6.45) is 0. The van der Waals surface area contributed by atoms with Gasteiger partial charge in [0.1, 0.15) is 0 Å². The molecule has 0 aromatic rings. The van der Waals surface area contributed by atoms with Crippen LogP contribution in [0.25, 0.3) is 0 Å². The zero-order valence-corrected chi connectivity index (χ0v) is 24.5. The standard InChI is InChI=1S/Ce.La.4H3O4P.H3P.Tb/c;;4*1-5(2,3)4;;/h;;4*(H3,1,2,3,4);1H3;/q2*+3;;;;;;+3/p-9. The summed E-state index contributed by atoms with van der Waals surface area (Å²) in [4.78, 5) is 98.5. The predicted octanol–water partition coefficient (Wildman–Crippen LogP) is -9.34. The van der Waals surface area contributed by atoms with E-state index < -0.39 is 31.3 Å². The van der Waals surface area contributed by atoms with Crippen LogP contribution in [0.3, 0.4) is 0 Å². The second-order valence-electron chi connectivity index (χ2n) is 1.85. The molecule has 0 heterocycles. The maximum Gasteiger partial charge on any atom is 3.00 e. The molecule has 0 spiro atoms. The van der Waals surface area contributed by atoms with Crippen molar-refractivity contribution in [1.29, 1.82) is 0 Å². The van der Waals surface area contributed by atoms with Crippen LogP contribution in [0.15, 0.2) is 0 Å². The molecule has 0 aliphatic heterocycles. The van der Waals surface area contributed by atoms with Gasteiger partial charge < -0.3 is 72.4 Å². The van der Waals surface area contributed by atoms with Crippen LogP contribution < -0.4 is 44.0 Å². The van der Waals surface area contributed by atoms with Crippen molar-refractivity contribution in [2.45, 2.75) is 0 Å². The van der Waals surface area contributed by atoms with Gasteiger partial charge in [-0.05, 0) is 0 Å². The molecule has 0 fully saturated rings. The normalized spacial score (nSPS) is 9.83. The Kier molecular flexibility index (Phi) is 51.4. The summed E-state index contributed by atoms with van der Waals surface area (Å²) in [5, 5.41) is 0. The van der Waals surface area contributed by atoms with Crippen LogP contribution in [-0.4, -0.2) is 14.7 Å². The first-order chi connectivity index (χ1) is 8.00. The van der Waals surface area contributed by atoms with Gasteiger partial charge in [0.05, 0.1) is 0 Å². The van der Waals surface area contributed by atoms with Crippen LogP contribution in [-0.2, 0) is 18.3 Å². The maximum atomic E-state index is 8.88. The second-order valence-corrected chi connectivity index (χ2v) is 5.56. The van der Waals surface area contributed by atoms with Gasteiger partial charge in [0.25, 0.3) is 0 Å². The molecule has 3 N–H and O–H groups in total. The van der Waals surface area contributed by atoms with E-state index in [0.29, 0.717) is 0 Å². The predicted molar refractivity (Wildman–Crippen MR) is 48.2 cm³/mol. The average molecular weight is 855 g/mol. The van der Waals surface area contributed by atoms with Gasteiger partial charge in [-0.3, -0.25) is 0 Å². The van der Waals surface area contributed by atoms with E-state index >= 15 is 0 Å². The summed E-state index contributed by atoms with van der Waals surface area (Å²) < 4.78 is 34.5. The van der Waals surface area contributed by atoms with Gasteiger partial charge in [-0.2, -0.15) is 33.4 Å². The summed E-state index contributed by atoms with van der Waals surface area (Å²) in [7, 11) is -20.8. The van der Waals surface area contributed by atoms with Crippen molar-refractivity contribution in [3.63, 3.8) is 0 Å². The molecular weight excluding hydrogens is 849 g/mol. The van der Waals surface area contributed by atoms with Crippen LogP contribution in [0.2, 0.25) is 0 Å². The Bertz CT molecular complexity index is 299. The first kappa shape index (κ1) is 51.4. The quantitative estimate of drug-likeness (QED) is 0.191. The molecule has 24 heavy (non-hydrogen) atoms. The Hall–Kier alpha value is 4.73. The molecule has 0 rings (SSSR count). The fraction of sp³-hybridized carbons (Fsp3) is 0. The molecule has 16 nitrogen and oxygen atoms in total. The van der Waals surface area contributed by atoms with E-state index in [4.69, 9.17) is 77.0 Å². The molecule has 0 bridgehead atoms. The monoisotopic (exact) mass is 855 g/mol. The molecule has 0 aliphatic rings.